The lowest BCUT2D eigenvalue weighted by atomic mass is 10.0. The lowest BCUT2D eigenvalue weighted by Gasteiger charge is -2.24. The van der Waals surface area contributed by atoms with Crippen molar-refractivity contribution in [3.63, 3.8) is 0 Å². The number of ether oxygens (including phenoxy) is 2. The second-order valence-corrected chi connectivity index (χ2v) is 15.8. The second kappa shape index (κ2) is 31.7. The molecule has 0 amide bonds. The molecule has 0 bridgehead atoms. The molecule has 1 unspecified atom stereocenters. The van der Waals surface area contributed by atoms with Crippen molar-refractivity contribution in [2.45, 2.75) is 180 Å². The van der Waals surface area contributed by atoms with E-state index in [2.05, 4.69) is 13.8 Å². The zero-order chi connectivity index (χ0) is 34.2. The quantitative estimate of drug-likeness (QED) is 0.0305. The monoisotopic (exact) mass is 679 g/mol. The summed E-state index contributed by atoms with van der Waals surface area (Å²) in [6, 6.07) is 0. The van der Waals surface area contributed by atoms with E-state index < -0.39 is 13.9 Å². The van der Waals surface area contributed by atoms with E-state index in [-0.39, 0.29) is 25.8 Å². The number of carbonyl (C=O) groups excluding carboxylic acids is 1. The summed E-state index contributed by atoms with van der Waals surface area (Å²) in [5.41, 5.74) is 0. The molecule has 2 atom stereocenters. The number of carbonyl (C=O) groups is 1. The molecule has 1 N–H and O–H groups in total. The maximum atomic E-state index is 12.6. The SMILES string of the molecule is CCCCCCCCCCCCCCOC[C@H](COP(=O)(O)OCC[N+](C)(C)C)OC(=O)CCCCCCCCCCCCCC. The molecule has 9 heteroatoms. The number of phosphoric acid groups is 1. The Labute approximate surface area is 285 Å². The van der Waals surface area contributed by atoms with Gasteiger partial charge in [-0.05, 0) is 12.8 Å². The van der Waals surface area contributed by atoms with Crippen molar-refractivity contribution in [2.24, 2.45) is 0 Å². The first kappa shape index (κ1) is 45.5. The lowest BCUT2D eigenvalue weighted by molar-refractivity contribution is -0.870. The minimum Gasteiger partial charge on any atom is -0.457 e. The van der Waals surface area contributed by atoms with Gasteiger partial charge in [0.25, 0.3) is 0 Å². The van der Waals surface area contributed by atoms with Crippen LogP contribution in [-0.4, -0.2) is 75.6 Å². The molecule has 8 nitrogen and oxygen atoms in total. The van der Waals surface area contributed by atoms with Crippen molar-refractivity contribution in [2.75, 3.05) is 54.1 Å². The summed E-state index contributed by atoms with van der Waals surface area (Å²) in [5.74, 6) is -0.312. The van der Waals surface area contributed by atoms with Crippen molar-refractivity contribution in [1.82, 2.24) is 0 Å². The zero-order valence-corrected chi connectivity index (χ0v) is 32.0. The third kappa shape index (κ3) is 34.8. The molecule has 0 aliphatic carbocycles. The van der Waals surface area contributed by atoms with Crippen LogP contribution in [0.5, 0.6) is 0 Å². The van der Waals surface area contributed by atoms with Crippen LogP contribution in [0.25, 0.3) is 0 Å². The predicted octanol–water partition coefficient (Wildman–Crippen LogP) is 10.5. The Bertz CT molecular complexity index is 716. The van der Waals surface area contributed by atoms with Gasteiger partial charge < -0.3 is 18.9 Å². The van der Waals surface area contributed by atoms with Crippen LogP contribution in [0, 0.1) is 0 Å². The molecule has 0 heterocycles. The van der Waals surface area contributed by atoms with Crippen LogP contribution in [0.3, 0.4) is 0 Å². The second-order valence-electron chi connectivity index (χ2n) is 14.3. The number of esters is 1. The van der Waals surface area contributed by atoms with E-state index in [1.54, 1.807) is 0 Å². The fourth-order valence-corrected chi connectivity index (χ4v) is 6.12. The summed E-state index contributed by atoms with van der Waals surface area (Å²) in [5, 5.41) is 0. The fourth-order valence-electron chi connectivity index (χ4n) is 5.38. The van der Waals surface area contributed by atoms with Gasteiger partial charge in [0.2, 0.25) is 0 Å². The van der Waals surface area contributed by atoms with Gasteiger partial charge >= 0.3 is 13.8 Å². The van der Waals surface area contributed by atoms with Gasteiger partial charge in [0.05, 0.1) is 34.4 Å². The Morgan fingerprint density at radius 3 is 1.43 bits per heavy atom. The molecule has 0 radical (unpaired) electrons. The van der Waals surface area contributed by atoms with Gasteiger partial charge in [-0.15, -0.1) is 0 Å². The number of unbranched alkanes of at least 4 members (excludes halogenated alkanes) is 22. The first-order chi connectivity index (χ1) is 22.1. The molecule has 276 valence electrons. The van der Waals surface area contributed by atoms with Crippen LogP contribution < -0.4 is 0 Å². The van der Waals surface area contributed by atoms with E-state index in [4.69, 9.17) is 18.5 Å². The third-order valence-electron chi connectivity index (χ3n) is 8.42. The smallest absolute Gasteiger partial charge is 0.457 e. The molecule has 0 aromatic heterocycles. The van der Waals surface area contributed by atoms with Crippen molar-refractivity contribution in [3.8, 4) is 0 Å². The number of nitrogens with zero attached hydrogens (tertiary/aromatic N) is 1. The average molecular weight is 679 g/mol. The normalized spacial score (nSPS) is 14.0. The van der Waals surface area contributed by atoms with Crippen molar-refractivity contribution in [1.29, 1.82) is 0 Å². The van der Waals surface area contributed by atoms with E-state index in [9.17, 15) is 14.3 Å². The van der Waals surface area contributed by atoms with Crippen LogP contribution >= 0.6 is 7.82 Å². The predicted molar refractivity (Wildman–Crippen MR) is 192 cm³/mol. The van der Waals surface area contributed by atoms with Crippen LogP contribution in [-0.2, 0) is 27.9 Å². The number of quaternary nitrogens is 1. The summed E-state index contributed by atoms with van der Waals surface area (Å²) >= 11 is 0. The molecular weight excluding hydrogens is 601 g/mol. The van der Waals surface area contributed by atoms with E-state index in [1.165, 1.54) is 122 Å². The highest BCUT2D eigenvalue weighted by Crippen LogP contribution is 2.43. The average Bonchev–Trinajstić information content (AvgIpc) is 2.99. The summed E-state index contributed by atoms with van der Waals surface area (Å²) in [6.07, 6.45) is 29.7. The molecule has 0 fully saturated rings. The minimum atomic E-state index is -4.26. The molecule has 0 aliphatic heterocycles. The van der Waals surface area contributed by atoms with Crippen LogP contribution in [0.4, 0.5) is 0 Å². The van der Waals surface area contributed by atoms with Gasteiger partial charge in [-0.2, -0.15) is 0 Å². The Balaban J connectivity index is 4.27. The molecule has 0 aromatic rings. The van der Waals surface area contributed by atoms with Crippen molar-refractivity contribution < 1.29 is 37.3 Å². The molecule has 0 saturated heterocycles. The summed E-state index contributed by atoms with van der Waals surface area (Å²) in [7, 11) is 1.68. The maximum absolute atomic E-state index is 12.6. The van der Waals surface area contributed by atoms with Crippen LogP contribution in [0.1, 0.15) is 174 Å². The number of likely N-dealkylation sites (N-methyl/N-ethyl adjacent to an activating group) is 1. The topological polar surface area (TPSA) is 91.3 Å². The molecular formula is C37H77NO7P+. The number of rotatable bonds is 36. The maximum Gasteiger partial charge on any atom is 0.472 e. The van der Waals surface area contributed by atoms with E-state index >= 15 is 0 Å². The van der Waals surface area contributed by atoms with Crippen molar-refractivity contribution in [3.05, 3.63) is 0 Å². The van der Waals surface area contributed by atoms with Gasteiger partial charge in [0, 0.05) is 13.0 Å². The Hall–Kier alpha value is -0.500. The third-order valence-corrected chi connectivity index (χ3v) is 9.40. The first-order valence-corrected chi connectivity index (χ1v) is 20.8. The van der Waals surface area contributed by atoms with Crippen LogP contribution in [0.2, 0.25) is 0 Å². The fraction of sp³-hybridized carbons (Fsp3) is 0.973. The summed E-state index contributed by atoms with van der Waals surface area (Å²) < 4.78 is 34.8. The molecule has 46 heavy (non-hydrogen) atoms. The minimum absolute atomic E-state index is 0.0934. The zero-order valence-electron chi connectivity index (χ0n) is 31.1. The molecule has 0 aromatic carbocycles. The molecule has 0 aliphatic rings. The molecule has 0 rings (SSSR count). The molecule has 0 saturated carbocycles. The Kier molecular flexibility index (Phi) is 31.4. The van der Waals surface area contributed by atoms with E-state index in [0.29, 0.717) is 24.1 Å². The molecule has 0 spiro atoms. The Morgan fingerprint density at radius 2 is 1.00 bits per heavy atom. The number of hydrogen-bond donors (Lipinski definition) is 1. The van der Waals surface area contributed by atoms with Gasteiger partial charge in [0.1, 0.15) is 19.3 Å². The van der Waals surface area contributed by atoms with E-state index in [1.807, 2.05) is 21.1 Å². The first-order valence-electron chi connectivity index (χ1n) is 19.3. The number of phosphoric ester groups is 1. The summed E-state index contributed by atoms with van der Waals surface area (Å²) in [6.45, 7) is 5.64. The Morgan fingerprint density at radius 1 is 0.587 bits per heavy atom. The largest absolute Gasteiger partial charge is 0.472 e. The lowest BCUT2D eigenvalue weighted by Crippen LogP contribution is -2.37. The van der Waals surface area contributed by atoms with Gasteiger partial charge in [-0.25, -0.2) is 4.57 Å². The standard InChI is InChI=1S/C37H76NO7P/c1-6-8-10-12-14-16-18-20-22-24-26-28-30-37(39)45-36(35-44-46(40,41)43-33-31-38(3,4)5)34-42-32-29-27-25-23-21-19-17-15-13-11-9-7-2/h36H,6-35H2,1-5H3/p+1/t36-/m1/s1. The summed E-state index contributed by atoms with van der Waals surface area (Å²) in [4.78, 5) is 22.7. The highest BCUT2D eigenvalue weighted by molar-refractivity contribution is 7.47. The highest BCUT2D eigenvalue weighted by Gasteiger charge is 2.26. The highest BCUT2D eigenvalue weighted by atomic mass is 31.2. The van der Waals surface area contributed by atoms with E-state index in [0.717, 1.165) is 32.1 Å². The van der Waals surface area contributed by atoms with Crippen LogP contribution in [0.15, 0.2) is 0 Å². The van der Waals surface area contributed by atoms with Crippen molar-refractivity contribution >= 4 is 13.8 Å². The number of hydrogen-bond acceptors (Lipinski definition) is 6. The van der Waals surface area contributed by atoms with Gasteiger partial charge in [-0.1, -0.05) is 155 Å². The van der Waals surface area contributed by atoms with Gasteiger partial charge in [0.15, 0.2) is 0 Å². The van der Waals surface area contributed by atoms with Gasteiger partial charge in [-0.3, -0.25) is 13.8 Å².